The van der Waals surface area contributed by atoms with Crippen molar-refractivity contribution in [2.45, 2.75) is 96.1 Å². The Morgan fingerprint density at radius 2 is 1.43 bits per heavy atom. The van der Waals surface area contributed by atoms with Crippen molar-refractivity contribution in [2.24, 2.45) is 0 Å². The summed E-state index contributed by atoms with van der Waals surface area (Å²) in [6, 6.07) is 0. The van der Waals surface area contributed by atoms with E-state index in [0.717, 1.165) is 64.2 Å². The van der Waals surface area contributed by atoms with Gasteiger partial charge in [-0.3, -0.25) is 14.4 Å². The molecule has 1 unspecified atom stereocenters. The molecule has 30 heavy (non-hydrogen) atoms. The highest BCUT2D eigenvalue weighted by atomic mass is 32.2. The number of carbonyl (C=O) groups is 3. The van der Waals surface area contributed by atoms with E-state index in [9.17, 15) is 14.4 Å². The van der Waals surface area contributed by atoms with E-state index >= 15 is 0 Å². The first-order chi connectivity index (χ1) is 14.6. The minimum atomic E-state index is -0.305. The molecule has 0 aliphatic heterocycles. The number of unbranched alkanes of at least 4 members (excludes halogenated alkanes) is 6. The Hall–Kier alpha value is -1.30. The van der Waals surface area contributed by atoms with Crippen molar-refractivity contribution in [3.8, 4) is 0 Å². The van der Waals surface area contributed by atoms with E-state index in [-0.39, 0.29) is 33.9 Å². The van der Waals surface area contributed by atoms with Crippen LogP contribution in [0.25, 0.3) is 0 Å². The SMILES string of the molecule is CCCCCCOC(=O)CC[S+](CCC(=O)OCCCCCC)C1CCC=CC1=O. The highest BCUT2D eigenvalue weighted by Gasteiger charge is 2.37. The summed E-state index contributed by atoms with van der Waals surface area (Å²) in [5.41, 5.74) is 0. The van der Waals surface area contributed by atoms with Gasteiger partial charge in [0.15, 0.2) is 5.25 Å². The monoisotopic (exact) mass is 441 g/mol. The summed E-state index contributed by atoms with van der Waals surface area (Å²) in [6.07, 6.45) is 14.5. The third-order valence-corrected chi connectivity index (χ3v) is 7.99. The summed E-state index contributed by atoms with van der Waals surface area (Å²) in [5, 5.41) is -0.0790. The molecule has 0 aromatic rings. The van der Waals surface area contributed by atoms with Crippen LogP contribution in [0.2, 0.25) is 0 Å². The van der Waals surface area contributed by atoms with Crippen LogP contribution in [0.4, 0.5) is 0 Å². The lowest BCUT2D eigenvalue weighted by molar-refractivity contribution is -0.144. The average molecular weight is 442 g/mol. The molecule has 0 heterocycles. The first kappa shape index (κ1) is 26.7. The molecule has 0 spiro atoms. The van der Waals surface area contributed by atoms with Gasteiger partial charge in [-0.15, -0.1) is 0 Å². The second-order valence-electron chi connectivity index (χ2n) is 7.88. The highest BCUT2D eigenvalue weighted by molar-refractivity contribution is 7.98. The van der Waals surface area contributed by atoms with Gasteiger partial charge in [0.05, 0.1) is 26.1 Å². The van der Waals surface area contributed by atoms with E-state index in [2.05, 4.69) is 13.8 Å². The summed E-state index contributed by atoms with van der Waals surface area (Å²) in [6.45, 7) is 5.25. The maximum absolute atomic E-state index is 12.4. The zero-order valence-electron chi connectivity index (χ0n) is 19.0. The summed E-state index contributed by atoms with van der Waals surface area (Å²) in [5.74, 6) is 0.969. The molecular weight excluding hydrogens is 400 g/mol. The molecule has 0 radical (unpaired) electrons. The van der Waals surface area contributed by atoms with E-state index < -0.39 is 0 Å². The lowest BCUT2D eigenvalue weighted by atomic mass is 10.1. The van der Waals surface area contributed by atoms with Crippen LogP contribution in [0.15, 0.2) is 12.2 Å². The van der Waals surface area contributed by atoms with Gasteiger partial charge in [-0.25, -0.2) is 0 Å². The smallest absolute Gasteiger partial charge is 0.310 e. The van der Waals surface area contributed by atoms with Crippen LogP contribution in [-0.2, 0) is 34.8 Å². The van der Waals surface area contributed by atoms with Gasteiger partial charge in [-0.2, -0.15) is 0 Å². The Kier molecular flexibility index (Phi) is 15.5. The molecule has 172 valence electrons. The van der Waals surface area contributed by atoms with Gasteiger partial charge in [-0.05, 0) is 36.2 Å². The summed E-state index contributed by atoms with van der Waals surface area (Å²) in [4.78, 5) is 36.6. The second kappa shape index (κ2) is 17.4. The fraction of sp³-hybridized carbons (Fsp3) is 0.792. The summed E-state index contributed by atoms with van der Waals surface area (Å²) >= 11 is 0. The van der Waals surface area contributed by atoms with Crippen LogP contribution >= 0.6 is 0 Å². The van der Waals surface area contributed by atoms with Crippen molar-refractivity contribution < 1.29 is 23.9 Å². The topological polar surface area (TPSA) is 69.7 Å². The highest BCUT2D eigenvalue weighted by Crippen LogP contribution is 2.21. The molecule has 5 nitrogen and oxygen atoms in total. The van der Waals surface area contributed by atoms with E-state index in [0.29, 0.717) is 37.6 Å². The number of rotatable bonds is 17. The predicted octanol–water partition coefficient (Wildman–Crippen LogP) is 4.92. The number of allylic oxidation sites excluding steroid dienone is 2. The molecular formula is C24H41O5S+. The Morgan fingerprint density at radius 3 is 1.90 bits per heavy atom. The molecule has 0 saturated heterocycles. The maximum Gasteiger partial charge on any atom is 0.310 e. The minimum Gasteiger partial charge on any atom is -0.466 e. The largest absolute Gasteiger partial charge is 0.466 e. The molecule has 0 N–H and O–H groups in total. The minimum absolute atomic E-state index is 0.0790. The van der Waals surface area contributed by atoms with Crippen LogP contribution < -0.4 is 0 Å². The van der Waals surface area contributed by atoms with Gasteiger partial charge >= 0.3 is 11.9 Å². The lowest BCUT2D eigenvalue weighted by Gasteiger charge is -2.19. The molecule has 0 aromatic carbocycles. The zero-order valence-corrected chi connectivity index (χ0v) is 19.8. The zero-order chi connectivity index (χ0) is 22.0. The maximum atomic E-state index is 12.4. The van der Waals surface area contributed by atoms with Gasteiger partial charge in [0.2, 0.25) is 5.78 Å². The van der Waals surface area contributed by atoms with E-state index in [1.807, 2.05) is 6.08 Å². The Balaban J connectivity index is 2.41. The van der Waals surface area contributed by atoms with Crippen molar-refractivity contribution in [3.63, 3.8) is 0 Å². The predicted molar refractivity (Wildman–Crippen MR) is 124 cm³/mol. The first-order valence-corrected chi connectivity index (χ1v) is 13.4. The van der Waals surface area contributed by atoms with Gasteiger partial charge in [0.25, 0.3) is 0 Å². The van der Waals surface area contributed by atoms with Crippen LogP contribution in [0.5, 0.6) is 0 Å². The number of hydrogen-bond acceptors (Lipinski definition) is 5. The van der Waals surface area contributed by atoms with Crippen molar-refractivity contribution in [1.29, 1.82) is 0 Å². The van der Waals surface area contributed by atoms with Crippen molar-refractivity contribution in [2.75, 3.05) is 24.7 Å². The Bertz CT molecular complexity index is 502. The third-order valence-electron chi connectivity index (χ3n) is 5.26. The molecule has 1 atom stereocenters. The normalized spacial score (nSPS) is 16.1. The van der Waals surface area contributed by atoms with Gasteiger partial charge in [-0.1, -0.05) is 58.4 Å². The molecule has 6 heteroatoms. The van der Waals surface area contributed by atoms with Crippen molar-refractivity contribution >= 4 is 28.6 Å². The Labute approximate surface area is 185 Å². The molecule has 0 fully saturated rings. The van der Waals surface area contributed by atoms with E-state index in [1.165, 1.54) is 0 Å². The first-order valence-electron chi connectivity index (χ1n) is 11.8. The third kappa shape index (κ3) is 12.4. The molecule has 0 saturated carbocycles. The molecule has 0 amide bonds. The Morgan fingerprint density at radius 1 is 0.900 bits per heavy atom. The molecule has 1 rings (SSSR count). The number of ether oxygens (including phenoxy) is 2. The van der Waals surface area contributed by atoms with Crippen LogP contribution in [-0.4, -0.2) is 47.7 Å². The van der Waals surface area contributed by atoms with Crippen molar-refractivity contribution in [1.82, 2.24) is 0 Å². The number of esters is 2. The van der Waals surface area contributed by atoms with Crippen LogP contribution in [0.3, 0.4) is 0 Å². The molecule has 0 bridgehead atoms. The van der Waals surface area contributed by atoms with E-state index in [1.54, 1.807) is 6.08 Å². The molecule has 0 aromatic heterocycles. The summed E-state index contributed by atoms with van der Waals surface area (Å²) < 4.78 is 10.7. The lowest BCUT2D eigenvalue weighted by Crippen LogP contribution is -2.36. The van der Waals surface area contributed by atoms with Gasteiger partial charge in [0, 0.05) is 6.42 Å². The number of carbonyl (C=O) groups excluding carboxylic acids is 3. The summed E-state index contributed by atoms with van der Waals surface area (Å²) in [7, 11) is -0.305. The number of ketones is 1. The fourth-order valence-corrected chi connectivity index (χ4v) is 5.92. The quantitative estimate of drug-likeness (QED) is 0.182. The average Bonchev–Trinajstić information content (AvgIpc) is 2.74. The van der Waals surface area contributed by atoms with Crippen molar-refractivity contribution in [3.05, 3.63) is 12.2 Å². The fourth-order valence-electron chi connectivity index (χ4n) is 3.42. The second-order valence-corrected chi connectivity index (χ2v) is 10.3. The molecule has 1 aliphatic rings. The molecule has 1 aliphatic carbocycles. The standard InChI is InChI=1S/C24H41O5S/c1-3-5-7-11-17-28-23(26)15-19-30(22-14-10-9-13-21(22)25)20-16-24(27)29-18-12-8-6-4-2/h9,13,22H,3-8,10-12,14-20H2,1-2H3/q+1. The van der Waals surface area contributed by atoms with Gasteiger partial charge < -0.3 is 9.47 Å². The van der Waals surface area contributed by atoms with Crippen LogP contribution in [0.1, 0.15) is 90.9 Å². The van der Waals surface area contributed by atoms with E-state index in [4.69, 9.17) is 9.47 Å². The number of hydrogen-bond donors (Lipinski definition) is 0. The van der Waals surface area contributed by atoms with Gasteiger partial charge in [0.1, 0.15) is 11.5 Å². The van der Waals surface area contributed by atoms with Crippen LogP contribution in [0, 0.1) is 0 Å².